The molecule has 2 fully saturated rings. The molecule has 0 bridgehead atoms. The molecule has 0 N–H and O–H groups in total. The molecular formula is C28H44O2. The van der Waals surface area contributed by atoms with Crippen molar-refractivity contribution >= 4 is 0 Å². The Morgan fingerprint density at radius 3 is 2.23 bits per heavy atom. The Morgan fingerprint density at radius 2 is 1.57 bits per heavy atom. The molecule has 0 unspecified atom stereocenters. The Kier molecular flexibility index (Phi) is 10.5. The van der Waals surface area contributed by atoms with Crippen molar-refractivity contribution in [1.29, 1.82) is 0 Å². The van der Waals surface area contributed by atoms with E-state index >= 15 is 0 Å². The van der Waals surface area contributed by atoms with E-state index in [4.69, 9.17) is 9.47 Å². The molecule has 0 spiro atoms. The van der Waals surface area contributed by atoms with E-state index in [1.54, 1.807) is 0 Å². The average molecular weight is 413 g/mol. The van der Waals surface area contributed by atoms with Crippen LogP contribution >= 0.6 is 0 Å². The van der Waals surface area contributed by atoms with Gasteiger partial charge in [0.15, 0.2) is 6.29 Å². The van der Waals surface area contributed by atoms with Gasteiger partial charge < -0.3 is 9.47 Å². The molecule has 30 heavy (non-hydrogen) atoms. The summed E-state index contributed by atoms with van der Waals surface area (Å²) in [6.07, 6.45) is 20.8. The highest BCUT2D eigenvalue weighted by atomic mass is 16.7. The maximum atomic E-state index is 5.94. The molecule has 2 aliphatic rings. The van der Waals surface area contributed by atoms with Crippen LogP contribution in [0.5, 0.6) is 0 Å². The van der Waals surface area contributed by atoms with Gasteiger partial charge in [0, 0.05) is 11.5 Å². The summed E-state index contributed by atoms with van der Waals surface area (Å²) in [5.41, 5.74) is 2.56. The van der Waals surface area contributed by atoms with Crippen LogP contribution in [0.25, 0.3) is 0 Å². The van der Waals surface area contributed by atoms with Gasteiger partial charge in [0.1, 0.15) is 0 Å². The van der Waals surface area contributed by atoms with Crippen molar-refractivity contribution in [3.63, 3.8) is 0 Å². The highest BCUT2D eigenvalue weighted by molar-refractivity contribution is 5.24. The third-order valence-electron chi connectivity index (χ3n) is 7.03. The number of unbranched alkanes of at least 4 members (excludes halogenated alkanes) is 2. The van der Waals surface area contributed by atoms with E-state index in [-0.39, 0.29) is 6.29 Å². The molecule has 1 aliphatic heterocycles. The third-order valence-corrected chi connectivity index (χ3v) is 7.03. The van der Waals surface area contributed by atoms with Gasteiger partial charge in [0.05, 0.1) is 13.2 Å². The topological polar surface area (TPSA) is 18.5 Å². The summed E-state index contributed by atoms with van der Waals surface area (Å²) in [5.74, 6) is 2.40. The van der Waals surface area contributed by atoms with Crippen molar-refractivity contribution in [3.05, 3.63) is 47.5 Å². The Labute approximate surface area is 185 Å². The third kappa shape index (κ3) is 7.85. The fourth-order valence-electron chi connectivity index (χ4n) is 5.04. The lowest BCUT2D eigenvalue weighted by molar-refractivity contribution is -0.206. The highest BCUT2D eigenvalue weighted by Gasteiger charge is 2.23. The molecule has 0 amide bonds. The lowest BCUT2D eigenvalue weighted by Crippen LogP contribution is -2.26. The zero-order chi connectivity index (χ0) is 21.0. The molecule has 1 heterocycles. The van der Waals surface area contributed by atoms with Gasteiger partial charge >= 0.3 is 0 Å². The lowest BCUT2D eigenvalue weighted by Gasteiger charge is -2.29. The van der Waals surface area contributed by atoms with E-state index in [1.165, 1.54) is 69.8 Å². The van der Waals surface area contributed by atoms with Crippen molar-refractivity contribution in [1.82, 2.24) is 0 Å². The number of hydrogen-bond acceptors (Lipinski definition) is 2. The molecule has 3 rings (SSSR count). The number of benzene rings is 1. The summed E-state index contributed by atoms with van der Waals surface area (Å²) in [5, 5.41) is 0. The standard InChI is InChI=1S/C28H44O2/c1-3-5-6-10-23-13-15-24(16-14-23)11-7-8-12-25-17-19-27(20-18-25)28-29-21-26(9-4-2)22-30-28/h7,11,17-20,23-24,26,28H,3-6,8-10,12-16,21-22H2,1-2H3/b11-7+. The number of allylic oxidation sites excluding steroid dienone is 2. The molecule has 1 aromatic rings. The Morgan fingerprint density at radius 1 is 0.833 bits per heavy atom. The van der Waals surface area contributed by atoms with E-state index in [2.05, 4.69) is 50.3 Å². The van der Waals surface area contributed by atoms with Gasteiger partial charge in [-0.15, -0.1) is 0 Å². The quantitative estimate of drug-likeness (QED) is 0.270. The normalized spacial score (nSPS) is 27.5. The van der Waals surface area contributed by atoms with Crippen LogP contribution in [-0.2, 0) is 15.9 Å². The lowest BCUT2D eigenvalue weighted by atomic mass is 9.79. The molecule has 168 valence electrons. The summed E-state index contributed by atoms with van der Waals surface area (Å²) in [6, 6.07) is 8.86. The van der Waals surface area contributed by atoms with Crippen LogP contribution in [0.1, 0.15) is 102 Å². The van der Waals surface area contributed by atoms with Crippen LogP contribution < -0.4 is 0 Å². The van der Waals surface area contributed by atoms with Crippen LogP contribution in [0.2, 0.25) is 0 Å². The maximum absolute atomic E-state index is 5.94. The summed E-state index contributed by atoms with van der Waals surface area (Å²) < 4.78 is 11.9. The van der Waals surface area contributed by atoms with Gasteiger partial charge in [0.2, 0.25) is 0 Å². The van der Waals surface area contributed by atoms with Crippen LogP contribution in [0.15, 0.2) is 36.4 Å². The molecule has 1 saturated carbocycles. The predicted molar refractivity (Wildman–Crippen MR) is 127 cm³/mol. The summed E-state index contributed by atoms with van der Waals surface area (Å²) in [7, 11) is 0. The minimum atomic E-state index is -0.177. The second-order valence-electron chi connectivity index (χ2n) is 9.64. The van der Waals surface area contributed by atoms with Gasteiger partial charge in [-0.2, -0.15) is 0 Å². The van der Waals surface area contributed by atoms with Crippen molar-refractivity contribution in [2.24, 2.45) is 17.8 Å². The van der Waals surface area contributed by atoms with E-state index in [0.29, 0.717) is 5.92 Å². The van der Waals surface area contributed by atoms with Gasteiger partial charge in [-0.1, -0.05) is 82.4 Å². The second kappa shape index (κ2) is 13.3. The first kappa shape index (κ1) is 23.5. The van der Waals surface area contributed by atoms with E-state index < -0.39 is 0 Å². The molecule has 2 nitrogen and oxygen atoms in total. The van der Waals surface area contributed by atoms with Crippen LogP contribution in [0, 0.1) is 17.8 Å². The second-order valence-corrected chi connectivity index (χ2v) is 9.64. The summed E-state index contributed by atoms with van der Waals surface area (Å²) in [6.45, 7) is 6.18. The summed E-state index contributed by atoms with van der Waals surface area (Å²) in [4.78, 5) is 0. The van der Waals surface area contributed by atoms with Crippen LogP contribution in [0.3, 0.4) is 0 Å². The first-order valence-electron chi connectivity index (χ1n) is 12.8. The Hall–Kier alpha value is -1.12. The molecule has 0 atom stereocenters. The molecule has 1 saturated heterocycles. The SMILES string of the molecule is CCCCCC1CCC(/C=C/CCc2ccc(C3OCC(CCC)CO3)cc2)CC1. The van der Waals surface area contributed by atoms with Gasteiger partial charge in [-0.3, -0.25) is 0 Å². The van der Waals surface area contributed by atoms with E-state index in [1.807, 2.05) is 0 Å². The smallest absolute Gasteiger partial charge is 0.183 e. The van der Waals surface area contributed by atoms with Gasteiger partial charge in [-0.25, -0.2) is 0 Å². The minimum Gasteiger partial charge on any atom is -0.348 e. The van der Waals surface area contributed by atoms with Crippen molar-refractivity contribution < 1.29 is 9.47 Å². The number of rotatable bonds is 11. The number of aryl methyl sites for hydroxylation is 1. The Bertz CT molecular complexity index is 590. The molecule has 2 heteroatoms. The highest BCUT2D eigenvalue weighted by Crippen LogP contribution is 2.33. The largest absolute Gasteiger partial charge is 0.348 e. The van der Waals surface area contributed by atoms with Crippen LogP contribution in [-0.4, -0.2) is 13.2 Å². The van der Waals surface area contributed by atoms with Crippen molar-refractivity contribution in [2.45, 2.75) is 97.2 Å². The zero-order valence-electron chi connectivity index (χ0n) is 19.5. The van der Waals surface area contributed by atoms with Crippen LogP contribution in [0.4, 0.5) is 0 Å². The Balaban J connectivity index is 1.32. The maximum Gasteiger partial charge on any atom is 0.183 e. The monoisotopic (exact) mass is 412 g/mol. The fraction of sp³-hybridized carbons (Fsp3) is 0.714. The molecule has 1 aromatic carbocycles. The first-order valence-corrected chi connectivity index (χ1v) is 12.8. The first-order chi connectivity index (χ1) is 14.8. The van der Waals surface area contributed by atoms with Crippen molar-refractivity contribution in [2.75, 3.05) is 13.2 Å². The molecule has 1 aliphatic carbocycles. The minimum absolute atomic E-state index is 0.177. The predicted octanol–water partition coefficient (Wildman–Crippen LogP) is 8.02. The fourth-order valence-corrected chi connectivity index (χ4v) is 5.04. The van der Waals surface area contributed by atoms with Gasteiger partial charge in [0.25, 0.3) is 0 Å². The van der Waals surface area contributed by atoms with Crippen molar-refractivity contribution in [3.8, 4) is 0 Å². The molecular weight excluding hydrogens is 368 g/mol. The van der Waals surface area contributed by atoms with Gasteiger partial charge in [-0.05, 0) is 62.3 Å². The molecule has 0 radical (unpaired) electrons. The van der Waals surface area contributed by atoms with E-state index in [9.17, 15) is 0 Å². The average Bonchev–Trinajstić information content (AvgIpc) is 2.79. The molecule has 0 aromatic heterocycles. The number of ether oxygens (including phenoxy) is 2. The van der Waals surface area contributed by atoms with E-state index in [0.717, 1.165) is 43.5 Å². The summed E-state index contributed by atoms with van der Waals surface area (Å²) >= 11 is 0. The number of hydrogen-bond donors (Lipinski definition) is 0. The zero-order valence-corrected chi connectivity index (χ0v) is 19.5.